The van der Waals surface area contributed by atoms with Gasteiger partial charge in [-0.2, -0.15) is 0 Å². The number of nitrogens with one attached hydrogen (secondary N) is 2. The summed E-state index contributed by atoms with van der Waals surface area (Å²) < 4.78 is 0. The number of para-hydroxylation sites is 2. The summed E-state index contributed by atoms with van der Waals surface area (Å²) in [5.41, 5.74) is 2.43. The van der Waals surface area contributed by atoms with Crippen molar-refractivity contribution in [1.82, 2.24) is 9.97 Å². The van der Waals surface area contributed by atoms with Crippen LogP contribution >= 0.6 is 11.3 Å². The van der Waals surface area contributed by atoms with Crippen LogP contribution in [0.2, 0.25) is 0 Å². The molecule has 7 nitrogen and oxygen atoms in total. The van der Waals surface area contributed by atoms with Gasteiger partial charge >= 0.3 is 0 Å². The van der Waals surface area contributed by atoms with Crippen LogP contribution in [0.3, 0.4) is 0 Å². The van der Waals surface area contributed by atoms with E-state index in [9.17, 15) is 14.9 Å². The Kier molecular flexibility index (Phi) is 3.94. The molecule has 4 aromatic rings. The van der Waals surface area contributed by atoms with Crippen molar-refractivity contribution >= 4 is 39.0 Å². The molecule has 0 saturated heterocycles. The fraction of sp³-hybridized carbons (Fsp3) is 0. The van der Waals surface area contributed by atoms with Gasteiger partial charge in [0.1, 0.15) is 5.56 Å². The van der Waals surface area contributed by atoms with E-state index in [2.05, 4.69) is 15.3 Å². The van der Waals surface area contributed by atoms with Crippen LogP contribution in [-0.2, 0) is 0 Å². The van der Waals surface area contributed by atoms with Gasteiger partial charge in [0.15, 0.2) is 5.13 Å². The molecule has 0 unspecified atom stereocenters. The van der Waals surface area contributed by atoms with Crippen molar-refractivity contribution in [1.29, 1.82) is 0 Å². The summed E-state index contributed by atoms with van der Waals surface area (Å²) in [6.45, 7) is 0. The normalized spacial score (nSPS) is 10.8. The molecule has 0 saturated carbocycles. The summed E-state index contributed by atoms with van der Waals surface area (Å²) in [6.07, 6.45) is 1.87. The molecule has 8 heteroatoms. The number of hydrogen-bond acceptors (Lipinski definition) is 5. The zero-order chi connectivity index (χ0) is 18.1. The fourth-order valence-corrected chi connectivity index (χ4v) is 3.43. The Morgan fingerprint density at radius 3 is 2.77 bits per heavy atom. The molecule has 128 valence electrons. The highest BCUT2D eigenvalue weighted by Crippen LogP contribution is 2.31. The lowest BCUT2D eigenvalue weighted by Gasteiger charge is -2.02. The van der Waals surface area contributed by atoms with E-state index in [1.165, 1.54) is 29.5 Å². The van der Waals surface area contributed by atoms with Crippen LogP contribution < -0.4 is 5.32 Å². The molecular formula is C18H12N4O3S. The van der Waals surface area contributed by atoms with Gasteiger partial charge in [-0.3, -0.25) is 20.2 Å². The number of H-pyrrole nitrogens is 1. The maximum atomic E-state index is 12.4. The van der Waals surface area contributed by atoms with E-state index in [1.54, 1.807) is 6.07 Å². The van der Waals surface area contributed by atoms with Gasteiger partial charge in [-0.1, -0.05) is 30.3 Å². The Morgan fingerprint density at radius 2 is 1.92 bits per heavy atom. The monoisotopic (exact) mass is 364 g/mol. The predicted octanol–water partition coefficient (Wildman–Crippen LogP) is 4.45. The summed E-state index contributed by atoms with van der Waals surface area (Å²) in [7, 11) is 0. The largest absolute Gasteiger partial charge is 0.360 e. The zero-order valence-corrected chi connectivity index (χ0v) is 14.1. The number of hydrogen-bond donors (Lipinski definition) is 2. The van der Waals surface area contributed by atoms with Gasteiger partial charge in [0.05, 0.1) is 10.6 Å². The number of nitrogens with zero attached hydrogens (tertiary/aromatic N) is 2. The number of rotatable bonds is 4. The lowest BCUT2D eigenvalue weighted by Crippen LogP contribution is -2.13. The molecule has 0 radical (unpaired) electrons. The molecular weight excluding hydrogens is 352 g/mol. The summed E-state index contributed by atoms with van der Waals surface area (Å²) in [4.78, 5) is 30.5. The number of carbonyl (C=O) groups excluding carboxylic acids is 1. The Labute approximate surface area is 151 Å². The summed E-state index contributed by atoms with van der Waals surface area (Å²) in [5.74, 6) is -0.558. The molecule has 4 rings (SSSR count). The highest BCUT2D eigenvalue weighted by molar-refractivity contribution is 7.14. The maximum absolute atomic E-state index is 12.4. The second-order valence-corrected chi connectivity index (χ2v) is 6.37. The molecule has 1 amide bonds. The van der Waals surface area contributed by atoms with E-state index in [-0.39, 0.29) is 11.3 Å². The van der Waals surface area contributed by atoms with Crippen LogP contribution in [-0.4, -0.2) is 20.8 Å². The fourth-order valence-electron chi connectivity index (χ4n) is 2.73. The number of nitro benzene ring substituents is 1. The van der Waals surface area contributed by atoms with Crippen LogP contribution in [0, 0.1) is 10.1 Å². The minimum Gasteiger partial charge on any atom is -0.360 e. The average Bonchev–Trinajstić information content (AvgIpc) is 3.28. The first-order valence-corrected chi connectivity index (χ1v) is 8.58. The molecule has 2 aromatic carbocycles. The first kappa shape index (κ1) is 16.0. The van der Waals surface area contributed by atoms with Gasteiger partial charge in [-0.25, -0.2) is 4.98 Å². The molecule has 0 aliphatic heterocycles. The number of thiazole rings is 1. The second kappa shape index (κ2) is 6.41. The van der Waals surface area contributed by atoms with E-state index in [4.69, 9.17) is 0 Å². The number of nitro groups is 1. The van der Waals surface area contributed by atoms with Crippen LogP contribution in [0.5, 0.6) is 0 Å². The van der Waals surface area contributed by atoms with Crippen molar-refractivity contribution in [2.24, 2.45) is 0 Å². The topological polar surface area (TPSA) is 101 Å². The Morgan fingerprint density at radius 1 is 1.15 bits per heavy atom. The molecule has 2 N–H and O–H groups in total. The summed E-state index contributed by atoms with van der Waals surface area (Å²) >= 11 is 1.27. The maximum Gasteiger partial charge on any atom is 0.282 e. The predicted molar refractivity (Wildman–Crippen MR) is 100 cm³/mol. The first-order valence-electron chi connectivity index (χ1n) is 7.70. The van der Waals surface area contributed by atoms with Crippen molar-refractivity contribution in [3.63, 3.8) is 0 Å². The van der Waals surface area contributed by atoms with Crippen LogP contribution in [0.1, 0.15) is 10.4 Å². The number of benzene rings is 2. The third kappa shape index (κ3) is 2.82. The number of fused-ring (bicyclic) bond motifs is 1. The smallest absolute Gasteiger partial charge is 0.282 e. The third-order valence-corrected chi connectivity index (χ3v) is 4.69. The standard InChI is InChI=1S/C18H12N4O3S/c23-17(12-6-2-4-8-16(12)22(24)25)21-18-20-15(10-26-18)13-9-19-14-7-3-1-5-11(13)14/h1-10,19H,(H,20,21,23). The molecule has 0 fully saturated rings. The van der Waals surface area contributed by atoms with E-state index < -0.39 is 10.8 Å². The summed E-state index contributed by atoms with van der Waals surface area (Å²) in [5, 5.41) is 17.0. The van der Waals surface area contributed by atoms with Gasteiger partial charge in [0.2, 0.25) is 0 Å². The third-order valence-electron chi connectivity index (χ3n) is 3.94. The van der Waals surface area contributed by atoms with Gasteiger partial charge in [-0.15, -0.1) is 11.3 Å². The number of anilines is 1. The molecule has 0 aliphatic rings. The first-order chi connectivity index (χ1) is 12.6. The number of aromatic amines is 1. The zero-order valence-electron chi connectivity index (χ0n) is 13.3. The van der Waals surface area contributed by atoms with Crippen LogP contribution in [0.25, 0.3) is 22.2 Å². The lowest BCUT2D eigenvalue weighted by molar-refractivity contribution is -0.385. The summed E-state index contributed by atoms with van der Waals surface area (Å²) in [6, 6.07) is 13.7. The number of amides is 1. The van der Waals surface area contributed by atoms with E-state index in [0.717, 1.165) is 22.2 Å². The second-order valence-electron chi connectivity index (χ2n) is 5.51. The number of carbonyl (C=O) groups is 1. The van der Waals surface area contributed by atoms with Crippen molar-refractivity contribution in [2.75, 3.05) is 5.32 Å². The van der Waals surface area contributed by atoms with Crippen LogP contribution in [0.4, 0.5) is 10.8 Å². The van der Waals surface area contributed by atoms with Gasteiger partial charge in [-0.05, 0) is 12.1 Å². The Balaban J connectivity index is 1.61. The molecule has 26 heavy (non-hydrogen) atoms. The van der Waals surface area contributed by atoms with Gasteiger partial charge in [0.25, 0.3) is 11.6 Å². The van der Waals surface area contributed by atoms with Crippen molar-refractivity contribution < 1.29 is 9.72 Å². The highest BCUT2D eigenvalue weighted by Gasteiger charge is 2.20. The Hall–Kier alpha value is -3.52. The van der Waals surface area contributed by atoms with Gasteiger partial charge in [0, 0.05) is 34.1 Å². The van der Waals surface area contributed by atoms with Crippen molar-refractivity contribution in [2.45, 2.75) is 0 Å². The lowest BCUT2D eigenvalue weighted by atomic mass is 10.1. The van der Waals surface area contributed by atoms with E-state index in [1.807, 2.05) is 35.8 Å². The Bertz CT molecular complexity index is 1130. The molecule has 2 heterocycles. The SMILES string of the molecule is O=C(Nc1nc(-c2c[nH]c3ccccc23)cs1)c1ccccc1[N+](=O)[O-]. The molecule has 0 bridgehead atoms. The molecule has 2 aromatic heterocycles. The molecule has 0 spiro atoms. The van der Waals surface area contributed by atoms with Crippen molar-refractivity contribution in [3.8, 4) is 11.3 Å². The minimum atomic E-state index is -0.575. The molecule has 0 atom stereocenters. The quantitative estimate of drug-likeness (QED) is 0.412. The van der Waals surface area contributed by atoms with Crippen LogP contribution in [0.15, 0.2) is 60.1 Å². The average molecular weight is 364 g/mol. The van der Waals surface area contributed by atoms with E-state index in [0.29, 0.717) is 5.13 Å². The number of aromatic nitrogens is 2. The van der Waals surface area contributed by atoms with E-state index >= 15 is 0 Å². The molecule has 0 aliphatic carbocycles. The highest BCUT2D eigenvalue weighted by atomic mass is 32.1. The van der Waals surface area contributed by atoms with Gasteiger partial charge < -0.3 is 4.98 Å². The van der Waals surface area contributed by atoms with Crippen molar-refractivity contribution in [3.05, 3.63) is 75.8 Å². The minimum absolute atomic E-state index is 0.00124.